The molecule has 0 atom stereocenters. The number of hydrogen-bond donors (Lipinski definition) is 2. The molecule has 0 unspecified atom stereocenters. The quantitative estimate of drug-likeness (QED) is 0.609. The maximum absolute atomic E-state index is 12.9. The summed E-state index contributed by atoms with van der Waals surface area (Å²) in [6.45, 7) is 3.78. The van der Waals surface area contributed by atoms with Gasteiger partial charge in [0.25, 0.3) is 0 Å². The Morgan fingerprint density at radius 1 is 1.11 bits per heavy atom. The van der Waals surface area contributed by atoms with Crippen molar-refractivity contribution in [2.75, 3.05) is 5.32 Å². The molecule has 0 spiro atoms. The maximum atomic E-state index is 12.9. The normalized spacial score (nSPS) is 31.6. The van der Waals surface area contributed by atoms with Crippen molar-refractivity contribution >= 4 is 23.2 Å². The van der Waals surface area contributed by atoms with E-state index in [4.69, 9.17) is 0 Å². The lowest BCUT2D eigenvalue weighted by molar-refractivity contribution is -0.146. The standard InChI is InChI=1S/C22H29N3O2/c1-14-4-3-5-19(6-14)23-20(26)7-15(2)24-25-21(27)22-11-16-8-17(12-22)10-18(9-16)13-22/h3-6,16-18H,7-13H2,1-2H3,(H,23,26)(H,25,27). The van der Waals surface area contributed by atoms with Crippen molar-refractivity contribution in [3.8, 4) is 0 Å². The molecular formula is C22H29N3O2. The smallest absolute Gasteiger partial charge is 0.246 e. The summed E-state index contributed by atoms with van der Waals surface area (Å²) in [5, 5.41) is 7.11. The number of rotatable bonds is 5. The molecule has 5 heteroatoms. The highest BCUT2D eigenvalue weighted by molar-refractivity contribution is 6.05. The zero-order valence-electron chi connectivity index (χ0n) is 16.3. The van der Waals surface area contributed by atoms with E-state index in [0.29, 0.717) is 5.71 Å². The van der Waals surface area contributed by atoms with Crippen molar-refractivity contribution in [3.05, 3.63) is 29.8 Å². The lowest BCUT2D eigenvalue weighted by atomic mass is 9.49. The first-order chi connectivity index (χ1) is 12.9. The molecule has 5 nitrogen and oxygen atoms in total. The molecule has 0 aromatic heterocycles. The maximum Gasteiger partial charge on any atom is 0.246 e. The lowest BCUT2D eigenvalue weighted by Crippen LogP contribution is -2.52. The van der Waals surface area contributed by atoms with Crippen LogP contribution in [0.25, 0.3) is 0 Å². The van der Waals surface area contributed by atoms with E-state index in [2.05, 4.69) is 15.8 Å². The predicted molar refractivity (Wildman–Crippen MR) is 106 cm³/mol. The summed E-state index contributed by atoms with van der Waals surface area (Å²) in [6.07, 6.45) is 7.18. The third-order valence-electron chi connectivity index (χ3n) is 6.59. The van der Waals surface area contributed by atoms with Gasteiger partial charge in [-0.05, 0) is 87.8 Å². The molecule has 4 saturated carbocycles. The van der Waals surface area contributed by atoms with Crippen molar-refractivity contribution in [1.82, 2.24) is 5.43 Å². The van der Waals surface area contributed by atoms with Gasteiger partial charge in [-0.3, -0.25) is 9.59 Å². The van der Waals surface area contributed by atoms with E-state index in [1.807, 2.05) is 31.2 Å². The molecule has 1 aromatic carbocycles. The van der Waals surface area contributed by atoms with E-state index in [-0.39, 0.29) is 23.7 Å². The number of nitrogens with one attached hydrogen (secondary N) is 2. The second kappa shape index (κ2) is 7.10. The Hall–Kier alpha value is -2.17. The fourth-order valence-corrected chi connectivity index (χ4v) is 5.85. The number of nitrogens with zero attached hydrogens (tertiary/aromatic N) is 1. The van der Waals surface area contributed by atoms with Gasteiger partial charge in [0.15, 0.2) is 0 Å². The average Bonchev–Trinajstić information content (AvgIpc) is 2.58. The molecule has 2 amide bonds. The van der Waals surface area contributed by atoms with Crippen LogP contribution in [0.5, 0.6) is 0 Å². The number of anilines is 1. The van der Waals surface area contributed by atoms with Crippen LogP contribution in [0.3, 0.4) is 0 Å². The van der Waals surface area contributed by atoms with Crippen LogP contribution in [-0.2, 0) is 9.59 Å². The molecule has 4 aliphatic carbocycles. The first-order valence-corrected chi connectivity index (χ1v) is 10.1. The fraction of sp³-hybridized carbons (Fsp3) is 0.591. The van der Waals surface area contributed by atoms with Crippen LogP contribution >= 0.6 is 0 Å². The van der Waals surface area contributed by atoms with E-state index >= 15 is 0 Å². The van der Waals surface area contributed by atoms with E-state index < -0.39 is 0 Å². The topological polar surface area (TPSA) is 70.6 Å². The summed E-state index contributed by atoms with van der Waals surface area (Å²) < 4.78 is 0. The summed E-state index contributed by atoms with van der Waals surface area (Å²) in [4.78, 5) is 25.1. The molecule has 1 aromatic rings. The van der Waals surface area contributed by atoms with Gasteiger partial charge in [-0.15, -0.1) is 0 Å². The highest BCUT2D eigenvalue weighted by Gasteiger charge is 2.54. The summed E-state index contributed by atoms with van der Waals surface area (Å²) in [5.74, 6) is 2.14. The van der Waals surface area contributed by atoms with Gasteiger partial charge >= 0.3 is 0 Å². The van der Waals surface area contributed by atoms with Gasteiger partial charge in [0.1, 0.15) is 0 Å². The molecule has 4 fully saturated rings. The van der Waals surface area contributed by atoms with Crippen LogP contribution in [0.15, 0.2) is 29.4 Å². The molecule has 4 aliphatic rings. The average molecular weight is 367 g/mol. The van der Waals surface area contributed by atoms with Crippen molar-refractivity contribution < 1.29 is 9.59 Å². The number of hydrogen-bond acceptors (Lipinski definition) is 3. The lowest BCUT2D eigenvalue weighted by Gasteiger charge is -2.55. The highest BCUT2D eigenvalue weighted by Crippen LogP contribution is 2.60. The van der Waals surface area contributed by atoms with E-state index in [1.165, 1.54) is 19.3 Å². The van der Waals surface area contributed by atoms with Crippen LogP contribution in [0.1, 0.15) is 57.4 Å². The number of carbonyl (C=O) groups excluding carboxylic acids is 2. The molecule has 0 saturated heterocycles. The molecule has 5 rings (SSSR count). The molecule has 4 bridgehead atoms. The van der Waals surface area contributed by atoms with Gasteiger partial charge in [0, 0.05) is 11.4 Å². The van der Waals surface area contributed by atoms with Crippen molar-refractivity contribution in [1.29, 1.82) is 0 Å². The number of benzene rings is 1. The predicted octanol–water partition coefficient (Wildman–Crippen LogP) is 4.03. The Kier molecular flexibility index (Phi) is 4.79. The van der Waals surface area contributed by atoms with Crippen molar-refractivity contribution in [2.45, 2.75) is 58.8 Å². The zero-order chi connectivity index (χ0) is 19.0. The van der Waals surface area contributed by atoms with Crippen LogP contribution in [0, 0.1) is 30.1 Å². The van der Waals surface area contributed by atoms with E-state index in [1.54, 1.807) is 6.92 Å². The highest BCUT2D eigenvalue weighted by atomic mass is 16.2. The van der Waals surface area contributed by atoms with E-state index in [9.17, 15) is 9.59 Å². The minimum atomic E-state index is -0.206. The minimum Gasteiger partial charge on any atom is -0.326 e. The van der Waals surface area contributed by atoms with Gasteiger partial charge in [-0.2, -0.15) is 5.10 Å². The second-order valence-corrected chi connectivity index (χ2v) is 9.08. The number of hydrazone groups is 1. The molecule has 27 heavy (non-hydrogen) atoms. The van der Waals surface area contributed by atoms with Crippen LogP contribution in [0.2, 0.25) is 0 Å². The van der Waals surface area contributed by atoms with Gasteiger partial charge in [0.05, 0.1) is 11.8 Å². The summed E-state index contributed by atoms with van der Waals surface area (Å²) in [5.41, 5.74) is 5.09. The third kappa shape index (κ3) is 3.92. The molecule has 0 aliphatic heterocycles. The summed E-state index contributed by atoms with van der Waals surface area (Å²) >= 11 is 0. The minimum absolute atomic E-state index is 0.0695. The van der Waals surface area contributed by atoms with Crippen molar-refractivity contribution in [3.63, 3.8) is 0 Å². The largest absolute Gasteiger partial charge is 0.326 e. The number of aryl methyl sites for hydroxylation is 1. The Balaban J connectivity index is 1.32. The van der Waals surface area contributed by atoms with Gasteiger partial charge in [-0.1, -0.05) is 12.1 Å². The first kappa shape index (κ1) is 18.2. The first-order valence-electron chi connectivity index (χ1n) is 10.1. The number of amides is 2. The molecule has 0 radical (unpaired) electrons. The Morgan fingerprint density at radius 3 is 2.33 bits per heavy atom. The fourth-order valence-electron chi connectivity index (χ4n) is 5.85. The monoisotopic (exact) mass is 367 g/mol. The Bertz CT molecular complexity index is 748. The SMILES string of the molecule is CC(CC(=O)Nc1cccc(C)c1)=NNC(=O)C12CC3CC(CC(C3)C1)C2. The van der Waals surface area contributed by atoms with Crippen LogP contribution < -0.4 is 10.7 Å². The third-order valence-corrected chi connectivity index (χ3v) is 6.59. The Morgan fingerprint density at radius 2 is 1.74 bits per heavy atom. The van der Waals surface area contributed by atoms with Crippen molar-refractivity contribution in [2.24, 2.45) is 28.3 Å². The Labute approximate surface area is 161 Å². The molecule has 144 valence electrons. The second-order valence-electron chi connectivity index (χ2n) is 9.08. The van der Waals surface area contributed by atoms with Crippen LogP contribution in [0.4, 0.5) is 5.69 Å². The zero-order valence-corrected chi connectivity index (χ0v) is 16.3. The molecule has 2 N–H and O–H groups in total. The number of carbonyl (C=O) groups is 2. The van der Waals surface area contributed by atoms with Gasteiger partial charge < -0.3 is 5.32 Å². The molecule has 0 heterocycles. The van der Waals surface area contributed by atoms with E-state index in [0.717, 1.165) is 48.3 Å². The van der Waals surface area contributed by atoms with Gasteiger partial charge in [-0.25, -0.2) is 5.43 Å². The molecular weight excluding hydrogens is 338 g/mol. The summed E-state index contributed by atoms with van der Waals surface area (Å²) in [6, 6.07) is 7.70. The summed E-state index contributed by atoms with van der Waals surface area (Å²) in [7, 11) is 0. The van der Waals surface area contributed by atoms with Crippen LogP contribution in [-0.4, -0.2) is 17.5 Å². The van der Waals surface area contributed by atoms with Gasteiger partial charge in [0.2, 0.25) is 11.8 Å².